The minimum Gasteiger partial charge on any atom is -0.350 e. The number of nitrogens with two attached hydrogens (primary N) is 1. The molecular formula is C14H25NO4. The van der Waals surface area contributed by atoms with Gasteiger partial charge in [-0.25, -0.2) is 0 Å². The maximum Gasteiger partial charge on any atom is 0.162 e. The van der Waals surface area contributed by atoms with Gasteiger partial charge in [0.2, 0.25) is 0 Å². The van der Waals surface area contributed by atoms with Crippen molar-refractivity contribution in [3.8, 4) is 0 Å². The molecule has 0 radical (unpaired) electrons. The van der Waals surface area contributed by atoms with Crippen molar-refractivity contribution in [1.29, 1.82) is 0 Å². The molecule has 2 aliphatic heterocycles. The molecule has 5 nitrogen and oxygen atoms in total. The summed E-state index contributed by atoms with van der Waals surface area (Å²) in [6, 6.07) is 0.00667. The monoisotopic (exact) mass is 271 g/mol. The van der Waals surface area contributed by atoms with Gasteiger partial charge in [-0.3, -0.25) is 0 Å². The fourth-order valence-electron chi connectivity index (χ4n) is 3.44. The highest BCUT2D eigenvalue weighted by atomic mass is 16.7. The SMILES string of the molecule is CC1(C)OCC2(CO1)CC1(COC(C)(C)OC1)C2N. The average Bonchev–Trinajstić information content (AvgIpc) is 2.34. The van der Waals surface area contributed by atoms with Gasteiger partial charge in [-0.2, -0.15) is 0 Å². The Balaban J connectivity index is 1.66. The lowest BCUT2D eigenvalue weighted by molar-refractivity contribution is -0.359. The first kappa shape index (κ1) is 13.8. The normalized spacial score (nSPS) is 35.2. The van der Waals surface area contributed by atoms with Crippen LogP contribution < -0.4 is 5.73 Å². The van der Waals surface area contributed by atoms with Crippen LogP contribution in [0.4, 0.5) is 0 Å². The van der Waals surface area contributed by atoms with Gasteiger partial charge in [0, 0.05) is 16.9 Å². The molecule has 5 heteroatoms. The summed E-state index contributed by atoms with van der Waals surface area (Å²) in [7, 11) is 0. The van der Waals surface area contributed by atoms with E-state index in [0.29, 0.717) is 26.4 Å². The molecular weight excluding hydrogens is 246 g/mol. The summed E-state index contributed by atoms with van der Waals surface area (Å²) in [5, 5.41) is 0. The van der Waals surface area contributed by atoms with Gasteiger partial charge in [-0.15, -0.1) is 0 Å². The Morgan fingerprint density at radius 1 is 0.737 bits per heavy atom. The molecule has 0 atom stereocenters. The highest BCUT2D eigenvalue weighted by Gasteiger charge is 2.65. The summed E-state index contributed by atoms with van der Waals surface area (Å²) in [6.45, 7) is 10.4. The third-order valence-corrected chi connectivity index (χ3v) is 4.85. The number of rotatable bonds is 0. The molecule has 110 valence electrons. The van der Waals surface area contributed by atoms with E-state index in [9.17, 15) is 0 Å². The number of ether oxygens (including phenoxy) is 4. The highest BCUT2D eigenvalue weighted by Crippen LogP contribution is 2.57. The minimum absolute atomic E-state index is 0.00667. The highest BCUT2D eigenvalue weighted by molar-refractivity contribution is 5.15. The Bertz CT molecular complexity index is 326. The third kappa shape index (κ3) is 2.12. The summed E-state index contributed by atoms with van der Waals surface area (Å²) < 4.78 is 23.1. The first-order chi connectivity index (χ1) is 8.69. The molecule has 0 amide bonds. The maximum absolute atomic E-state index is 6.46. The van der Waals surface area contributed by atoms with Crippen molar-refractivity contribution in [3.05, 3.63) is 0 Å². The second-order valence-electron chi connectivity index (χ2n) is 7.33. The van der Waals surface area contributed by atoms with Crippen molar-refractivity contribution in [2.75, 3.05) is 26.4 Å². The van der Waals surface area contributed by atoms with Crippen LogP contribution in [0.25, 0.3) is 0 Å². The van der Waals surface area contributed by atoms with Crippen molar-refractivity contribution in [2.45, 2.75) is 51.7 Å². The van der Waals surface area contributed by atoms with E-state index in [2.05, 4.69) is 0 Å². The lowest BCUT2D eigenvalue weighted by atomic mass is 9.49. The van der Waals surface area contributed by atoms with Crippen LogP contribution in [-0.4, -0.2) is 44.0 Å². The van der Waals surface area contributed by atoms with E-state index >= 15 is 0 Å². The Morgan fingerprint density at radius 2 is 1.05 bits per heavy atom. The summed E-state index contributed by atoms with van der Waals surface area (Å²) in [5.41, 5.74) is 6.32. The first-order valence-corrected chi connectivity index (χ1v) is 7.00. The Morgan fingerprint density at radius 3 is 1.32 bits per heavy atom. The third-order valence-electron chi connectivity index (χ3n) is 4.85. The molecule has 2 N–H and O–H groups in total. The van der Waals surface area contributed by atoms with Gasteiger partial charge >= 0.3 is 0 Å². The predicted molar refractivity (Wildman–Crippen MR) is 69.4 cm³/mol. The van der Waals surface area contributed by atoms with E-state index < -0.39 is 11.6 Å². The summed E-state index contributed by atoms with van der Waals surface area (Å²) >= 11 is 0. The Hall–Kier alpha value is -0.200. The standard InChI is InChI=1S/C14H25NO4/c1-11(2)16-6-13(7-17-11)5-14(10(13)15)8-18-12(3,4)19-9-14/h10H,5-9,15H2,1-4H3. The van der Waals surface area contributed by atoms with Gasteiger partial charge in [0.1, 0.15) is 0 Å². The molecule has 0 bridgehead atoms. The van der Waals surface area contributed by atoms with Crippen LogP contribution in [0.5, 0.6) is 0 Å². The first-order valence-electron chi connectivity index (χ1n) is 7.00. The van der Waals surface area contributed by atoms with Crippen molar-refractivity contribution in [2.24, 2.45) is 16.6 Å². The smallest absolute Gasteiger partial charge is 0.162 e. The predicted octanol–water partition coefficient (Wildman–Crippen LogP) is 1.26. The molecule has 1 saturated carbocycles. The molecule has 0 unspecified atom stereocenters. The van der Waals surface area contributed by atoms with E-state index in [4.69, 9.17) is 24.7 Å². The van der Waals surface area contributed by atoms with Crippen LogP contribution in [0.15, 0.2) is 0 Å². The van der Waals surface area contributed by atoms with Crippen LogP contribution in [0, 0.1) is 10.8 Å². The van der Waals surface area contributed by atoms with E-state index in [0.717, 1.165) is 6.42 Å². The Kier molecular flexibility index (Phi) is 2.84. The molecule has 2 saturated heterocycles. The molecule has 19 heavy (non-hydrogen) atoms. The van der Waals surface area contributed by atoms with E-state index in [1.54, 1.807) is 0 Å². The zero-order valence-electron chi connectivity index (χ0n) is 12.3. The van der Waals surface area contributed by atoms with E-state index in [1.807, 2.05) is 27.7 Å². The van der Waals surface area contributed by atoms with E-state index in [-0.39, 0.29) is 16.9 Å². The van der Waals surface area contributed by atoms with Crippen LogP contribution in [0.2, 0.25) is 0 Å². The van der Waals surface area contributed by atoms with Crippen LogP contribution in [0.3, 0.4) is 0 Å². The van der Waals surface area contributed by atoms with Gasteiger partial charge in [-0.05, 0) is 34.1 Å². The number of hydrogen-bond donors (Lipinski definition) is 1. The molecule has 3 aliphatic rings. The van der Waals surface area contributed by atoms with Crippen molar-refractivity contribution >= 4 is 0 Å². The second kappa shape index (κ2) is 3.92. The van der Waals surface area contributed by atoms with Gasteiger partial charge in [0.15, 0.2) is 11.6 Å². The summed E-state index contributed by atoms with van der Waals surface area (Å²) in [4.78, 5) is 0. The minimum atomic E-state index is -0.491. The molecule has 3 fully saturated rings. The lowest BCUT2D eigenvalue weighted by Gasteiger charge is -2.65. The zero-order valence-corrected chi connectivity index (χ0v) is 12.3. The molecule has 2 heterocycles. The molecule has 0 aromatic rings. The summed E-state index contributed by atoms with van der Waals surface area (Å²) in [5.74, 6) is -0.982. The number of hydrogen-bond acceptors (Lipinski definition) is 5. The van der Waals surface area contributed by atoms with Gasteiger partial charge < -0.3 is 24.7 Å². The fourth-order valence-corrected chi connectivity index (χ4v) is 3.44. The van der Waals surface area contributed by atoms with Gasteiger partial charge in [0.05, 0.1) is 26.4 Å². The lowest BCUT2D eigenvalue weighted by Crippen LogP contribution is -2.75. The van der Waals surface area contributed by atoms with Gasteiger partial charge in [-0.1, -0.05) is 0 Å². The zero-order chi connectivity index (χ0) is 13.9. The van der Waals surface area contributed by atoms with Crippen molar-refractivity contribution in [1.82, 2.24) is 0 Å². The van der Waals surface area contributed by atoms with Crippen LogP contribution in [0.1, 0.15) is 34.1 Å². The second-order valence-corrected chi connectivity index (χ2v) is 7.33. The van der Waals surface area contributed by atoms with Crippen LogP contribution in [-0.2, 0) is 18.9 Å². The largest absolute Gasteiger partial charge is 0.350 e. The fraction of sp³-hybridized carbons (Fsp3) is 1.00. The Labute approximate surface area is 114 Å². The molecule has 0 aromatic heterocycles. The summed E-state index contributed by atoms with van der Waals surface area (Å²) in [6.07, 6.45) is 0.952. The average molecular weight is 271 g/mol. The molecule has 0 aromatic carbocycles. The van der Waals surface area contributed by atoms with Gasteiger partial charge in [0.25, 0.3) is 0 Å². The van der Waals surface area contributed by atoms with Crippen LogP contribution >= 0.6 is 0 Å². The topological polar surface area (TPSA) is 62.9 Å². The molecule has 3 rings (SSSR count). The van der Waals surface area contributed by atoms with E-state index in [1.165, 1.54) is 0 Å². The quantitative estimate of drug-likeness (QED) is 0.718. The molecule has 1 aliphatic carbocycles. The van der Waals surface area contributed by atoms with Crippen molar-refractivity contribution in [3.63, 3.8) is 0 Å². The van der Waals surface area contributed by atoms with Crippen molar-refractivity contribution < 1.29 is 18.9 Å². The maximum atomic E-state index is 6.46. The molecule has 2 spiro atoms.